The smallest absolute Gasteiger partial charge is 0.0295 e. The van der Waals surface area contributed by atoms with E-state index < -0.39 is 0 Å². The van der Waals surface area contributed by atoms with Crippen LogP contribution in [0, 0.1) is 29.1 Å². The molecule has 4 fully saturated rings. The maximum atomic E-state index is 2.46. The first-order chi connectivity index (χ1) is 10.6. The quantitative estimate of drug-likeness (QED) is 0.458. The molecule has 0 aromatic heterocycles. The van der Waals surface area contributed by atoms with Crippen molar-refractivity contribution < 1.29 is 0 Å². The molecule has 130 valence electrons. The summed E-state index contributed by atoms with van der Waals surface area (Å²) in [6, 6.07) is 0. The molecule has 0 amide bonds. The lowest BCUT2D eigenvalue weighted by atomic mass is 9.46. The third kappa shape index (κ3) is 4.75. The van der Waals surface area contributed by atoms with Gasteiger partial charge in [-0.05, 0) is 41.9 Å². The molecule has 0 nitrogen and oxygen atoms in total. The Hall–Kier alpha value is 0. The van der Waals surface area contributed by atoms with Crippen molar-refractivity contribution >= 4 is 0 Å². The standard InChI is InChI=1S/C12H24.C10H18/c1-2-3-4-6-9-12-10-7-5-8-11-12;1-7-4-5-8-6-9(7)10(8,2)3/h12H,2-11H2,1H3;7-9H,4-6H2,1-3H3. The van der Waals surface area contributed by atoms with Gasteiger partial charge >= 0.3 is 0 Å². The lowest BCUT2D eigenvalue weighted by Gasteiger charge is -2.59. The summed E-state index contributed by atoms with van der Waals surface area (Å²) in [7, 11) is 0. The van der Waals surface area contributed by atoms with Gasteiger partial charge in [0.2, 0.25) is 0 Å². The van der Waals surface area contributed by atoms with E-state index in [1.807, 2.05) is 0 Å². The Morgan fingerprint density at radius 1 is 0.864 bits per heavy atom. The molecule has 0 aromatic carbocycles. The van der Waals surface area contributed by atoms with E-state index in [9.17, 15) is 0 Å². The van der Waals surface area contributed by atoms with E-state index in [0.29, 0.717) is 5.41 Å². The molecule has 0 spiro atoms. The Bertz CT molecular complexity index is 295. The highest BCUT2D eigenvalue weighted by Gasteiger charge is 2.52. The van der Waals surface area contributed by atoms with Gasteiger partial charge in [-0.15, -0.1) is 0 Å². The molecule has 4 aliphatic rings. The molecular formula is C22H42. The maximum absolute atomic E-state index is 2.46. The Morgan fingerprint density at radius 2 is 1.59 bits per heavy atom. The number of hydrogen-bond donors (Lipinski definition) is 0. The Morgan fingerprint density at radius 3 is 2.09 bits per heavy atom. The molecule has 4 aliphatic carbocycles. The second-order valence-electron chi connectivity index (χ2n) is 9.27. The van der Waals surface area contributed by atoms with Gasteiger partial charge in [0, 0.05) is 0 Å². The second kappa shape index (κ2) is 8.74. The van der Waals surface area contributed by atoms with E-state index in [1.165, 1.54) is 83.5 Å². The topological polar surface area (TPSA) is 0 Å². The highest BCUT2D eigenvalue weighted by Crippen LogP contribution is 2.61. The third-order valence-electron chi connectivity index (χ3n) is 7.39. The van der Waals surface area contributed by atoms with Crippen LogP contribution in [0.4, 0.5) is 0 Å². The maximum Gasteiger partial charge on any atom is -0.0295 e. The van der Waals surface area contributed by atoms with Gasteiger partial charge < -0.3 is 0 Å². The van der Waals surface area contributed by atoms with Crippen molar-refractivity contribution in [3.8, 4) is 0 Å². The molecule has 22 heavy (non-hydrogen) atoms. The molecule has 4 rings (SSSR count). The van der Waals surface area contributed by atoms with E-state index in [2.05, 4.69) is 27.7 Å². The van der Waals surface area contributed by atoms with Crippen molar-refractivity contribution in [3.63, 3.8) is 0 Å². The first kappa shape index (κ1) is 18.3. The molecule has 0 aromatic rings. The minimum atomic E-state index is 0.706. The summed E-state index contributed by atoms with van der Waals surface area (Å²) in [6.45, 7) is 9.64. The summed E-state index contributed by atoms with van der Waals surface area (Å²) < 4.78 is 0. The molecule has 0 heteroatoms. The summed E-state index contributed by atoms with van der Waals surface area (Å²) in [6.07, 6.45) is 19.5. The molecular weight excluding hydrogens is 264 g/mol. The highest BCUT2D eigenvalue weighted by molar-refractivity contribution is 5.01. The Balaban J connectivity index is 0.000000162. The lowest BCUT2D eigenvalue weighted by molar-refractivity contribution is -0.0988. The number of hydrogen-bond acceptors (Lipinski definition) is 0. The fourth-order valence-corrected chi connectivity index (χ4v) is 5.51. The van der Waals surface area contributed by atoms with Crippen LogP contribution < -0.4 is 0 Å². The summed E-state index contributed by atoms with van der Waals surface area (Å²) >= 11 is 0. The van der Waals surface area contributed by atoms with E-state index in [1.54, 1.807) is 0 Å². The molecule has 3 atom stereocenters. The van der Waals surface area contributed by atoms with Crippen LogP contribution in [0.2, 0.25) is 0 Å². The van der Waals surface area contributed by atoms with Crippen LogP contribution in [0.1, 0.15) is 111 Å². The monoisotopic (exact) mass is 306 g/mol. The van der Waals surface area contributed by atoms with Crippen molar-refractivity contribution in [1.82, 2.24) is 0 Å². The van der Waals surface area contributed by atoms with Gasteiger partial charge in [-0.2, -0.15) is 0 Å². The molecule has 3 unspecified atom stereocenters. The minimum Gasteiger partial charge on any atom is -0.0654 e. The van der Waals surface area contributed by atoms with Gasteiger partial charge in [0.15, 0.2) is 0 Å². The van der Waals surface area contributed by atoms with Crippen LogP contribution in [0.3, 0.4) is 0 Å². The van der Waals surface area contributed by atoms with Crippen molar-refractivity contribution in [1.29, 1.82) is 0 Å². The molecule has 4 saturated carbocycles. The van der Waals surface area contributed by atoms with Crippen molar-refractivity contribution in [2.75, 3.05) is 0 Å². The molecule has 0 saturated heterocycles. The zero-order valence-corrected chi connectivity index (χ0v) is 16.0. The third-order valence-corrected chi connectivity index (χ3v) is 7.39. The van der Waals surface area contributed by atoms with Crippen LogP contribution in [-0.2, 0) is 0 Å². The normalized spacial score (nSPS) is 33.5. The zero-order valence-electron chi connectivity index (χ0n) is 16.0. The molecule has 0 heterocycles. The van der Waals surface area contributed by atoms with Gasteiger partial charge in [-0.3, -0.25) is 0 Å². The first-order valence-electron chi connectivity index (χ1n) is 10.6. The predicted octanol–water partition coefficient (Wildman–Crippen LogP) is 7.62. The van der Waals surface area contributed by atoms with Gasteiger partial charge in [-0.1, -0.05) is 98.3 Å². The summed E-state index contributed by atoms with van der Waals surface area (Å²) in [5, 5.41) is 0. The van der Waals surface area contributed by atoms with E-state index in [-0.39, 0.29) is 0 Å². The van der Waals surface area contributed by atoms with Crippen LogP contribution >= 0.6 is 0 Å². The van der Waals surface area contributed by atoms with Crippen molar-refractivity contribution in [2.24, 2.45) is 29.1 Å². The molecule has 0 radical (unpaired) electrons. The minimum absolute atomic E-state index is 0.706. The Kier molecular flexibility index (Phi) is 7.29. The second-order valence-corrected chi connectivity index (χ2v) is 9.27. The van der Waals surface area contributed by atoms with E-state index in [4.69, 9.17) is 0 Å². The van der Waals surface area contributed by atoms with Crippen LogP contribution in [0.25, 0.3) is 0 Å². The number of fused-ring (bicyclic) bond motifs is 2. The zero-order chi connectivity index (χ0) is 16.0. The number of unbranched alkanes of at least 4 members (excludes halogenated alkanes) is 3. The van der Waals surface area contributed by atoms with Gasteiger partial charge in [0.25, 0.3) is 0 Å². The fourth-order valence-electron chi connectivity index (χ4n) is 5.51. The first-order valence-corrected chi connectivity index (χ1v) is 10.6. The van der Waals surface area contributed by atoms with Crippen molar-refractivity contribution in [3.05, 3.63) is 0 Å². The van der Waals surface area contributed by atoms with Crippen LogP contribution in [0.5, 0.6) is 0 Å². The Labute approximate surface area is 140 Å². The average molecular weight is 307 g/mol. The van der Waals surface area contributed by atoms with E-state index in [0.717, 1.165) is 23.7 Å². The van der Waals surface area contributed by atoms with Gasteiger partial charge in [0.1, 0.15) is 0 Å². The highest BCUT2D eigenvalue weighted by atomic mass is 14.6. The molecule has 0 aliphatic heterocycles. The van der Waals surface area contributed by atoms with Crippen LogP contribution in [-0.4, -0.2) is 0 Å². The van der Waals surface area contributed by atoms with Gasteiger partial charge in [-0.25, -0.2) is 0 Å². The van der Waals surface area contributed by atoms with Crippen LogP contribution in [0.15, 0.2) is 0 Å². The molecule has 2 bridgehead atoms. The van der Waals surface area contributed by atoms with Gasteiger partial charge in [0.05, 0.1) is 0 Å². The lowest BCUT2D eigenvalue weighted by Crippen LogP contribution is -2.51. The van der Waals surface area contributed by atoms with Crippen molar-refractivity contribution in [2.45, 2.75) is 111 Å². The van der Waals surface area contributed by atoms with E-state index >= 15 is 0 Å². The largest absolute Gasteiger partial charge is 0.0654 e. The molecule has 0 N–H and O–H groups in total. The summed E-state index contributed by atoms with van der Waals surface area (Å²) in [5.74, 6) is 4.26. The average Bonchev–Trinajstić information content (AvgIpc) is 2.53. The summed E-state index contributed by atoms with van der Waals surface area (Å²) in [4.78, 5) is 0. The predicted molar refractivity (Wildman–Crippen MR) is 99.1 cm³/mol. The summed E-state index contributed by atoms with van der Waals surface area (Å²) in [5.41, 5.74) is 0.706. The SMILES string of the molecule is CC1CCC2CC1C2(C)C.CCCCCCC1CCCCC1. The number of rotatable bonds is 5. The fraction of sp³-hybridized carbons (Fsp3) is 1.00.